The van der Waals surface area contributed by atoms with Crippen molar-refractivity contribution in [3.63, 3.8) is 0 Å². The van der Waals surface area contributed by atoms with Crippen LogP contribution in [0.1, 0.15) is 39.5 Å². The van der Waals surface area contributed by atoms with Gasteiger partial charge in [-0.25, -0.2) is 0 Å². The van der Waals surface area contributed by atoms with Gasteiger partial charge in [0.05, 0.1) is 25.6 Å². The molecule has 0 aliphatic heterocycles. The van der Waals surface area contributed by atoms with Crippen molar-refractivity contribution in [3.8, 4) is 0 Å². The Bertz CT molecular complexity index is 589. The number of benzene rings is 1. The summed E-state index contributed by atoms with van der Waals surface area (Å²) >= 11 is 0. The molecule has 20 heavy (non-hydrogen) atoms. The molecule has 1 aromatic rings. The van der Waals surface area contributed by atoms with Gasteiger partial charge in [-0.15, -0.1) is 0 Å². The zero-order chi connectivity index (χ0) is 15.1. The van der Waals surface area contributed by atoms with Crippen LogP contribution in [0.2, 0.25) is 0 Å². The number of methoxy groups -OCH3 is 1. The molecule has 0 saturated carbocycles. The van der Waals surface area contributed by atoms with E-state index in [4.69, 9.17) is 4.74 Å². The number of Topliss-reactive ketones (excluding diaryl/α,β-unsaturated/α-hetero) is 1. The second-order valence-electron chi connectivity index (χ2n) is 5.81. The minimum Gasteiger partial charge on any atom is -0.469 e. The lowest BCUT2D eigenvalue weighted by atomic mass is 9.86. The summed E-state index contributed by atoms with van der Waals surface area (Å²) < 4.78 is 4.71. The summed E-state index contributed by atoms with van der Waals surface area (Å²) in [6, 6.07) is 1.96. The number of ether oxygens (including phenoxy) is 1. The lowest BCUT2D eigenvalue weighted by Crippen LogP contribution is -2.28. The molecule has 1 N–H and O–H groups in total. The fourth-order valence-corrected chi connectivity index (χ4v) is 2.98. The van der Waals surface area contributed by atoms with Crippen molar-refractivity contribution in [2.24, 2.45) is 5.41 Å². The predicted octanol–water partition coefficient (Wildman–Crippen LogP) is 1.76. The normalized spacial score (nSPS) is 20.9. The zero-order valence-corrected chi connectivity index (χ0v) is 12.4. The zero-order valence-electron chi connectivity index (χ0n) is 12.4. The van der Waals surface area contributed by atoms with Crippen LogP contribution in [0.3, 0.4) is 0 Å². The van der Waals surface area contributed by atoms with E-state index in [1.807, 2.05) is 19.9 Å². The Morgan fingerprint density at radius 1 is 1.45 bits per heavy atom. The first-order valence-electron chi connectivity index (χ1n) is 6.68. The first kappa shape index (κ1) is 14.7. The molecule has 0 heterocycles. The third-order valence-electron chi connectivity index (χ3n) is 4.27. The molecule has 1 atom stereocenters. The van der Waals surface area contributed by atoms with E-state index in [9.17, 15) is 14.7 Å². The number of aliphatic hydroxyl groups excluding tert-OH is 1. The summed E-state index contributed by atoms with van der Waals surface area (Å²) in [6.07, 6.45) is 0.725. The third kappa shape index (κ3) is 2.14. The van der Waals surface area contributed by atoms with Gasteiger partial charge in [0.1, 0.15) is 0 Å². The molecule has 1 aliphatic carbocycles. The van der Waals surface area contributed by atoms with Crippen LogP contribution in [-0.2, 0) is 22.4 Å². The molecule has 4 heteroatoms. The first-order valence-corrected chi connectivity index (χ1v) is 6.68. The average molecular weight is 276 g/mol. The minimum absolute atomic E-state index is 0.0291. The topological polar surface area (TPSA) is 63.6 Å². The highest BCUT2D eigenvalue weighted by Gasteiger charge is 2.42. The van der Waals surface area contributed by atoms with E-state index >= 15 is 0 Å². The summed E-state index contributed by atoms with van der Waals surface area (Å²) in [5.41, 5.74) is 3.59. The SMILES string of the molecule is COC(=O)Cc1c(C)cc2c(c1C)C(=O)[C@](C)(CO)C2. The van der Waals surface area contributed by atoms with Gasteiger partial charge in [0, 0.05) is 5.56 Å². The van der Waals surface area contributed by atoms with Crippen LogP contribution < -0.4 is 0 Å². The molecule has 0 bridgehead atoms. The van der Waals surface area contributed by atoms with E-state index in [0.29, 0.717) is 12.0 Å². The first-order chi connectivity index (χ1) is 9.34. The molecule has 1 aliphatic rings. The van der Waals surface area contributed by atoms with Gasteiger partial charge in [-0.05, 0) is 49.4 Å². The van der Waals surface area contributed by atoms with Crippen LogP contribution in [0.15, 0.2) is 6.07 Å². The van der Waals surface area contributed by atoms with Crippen LogP contribution in [0.25, 0.3) is 0 Å². The highest BCUT2D eigenvalue weighted by Crippen LogP contribution is 2.39. The summed E-state index contributed by atoms with van der Waals surface area (Å²) in [5, 5.41) is 9.49. The van der Waals surface area contributed by atoms with Gasteiger partial charge in [-0.1, -0.05) is 6.07 Å². The number of fused-ring (bicyclic) bond motifs is 1. The van der Waals surface area contributed by atoms with Gasteiger partial charge in [-0.2, -0.15) is 0 Å². The van der Waals surface area contributed by atoms with E-state index in [1.54, 1.807) is 6.92 Å². The number of esters is 1. The highest BCUT2D eigenvalue weighted by atomic mass is 16.5. The highest BCUT2D eigenvalue weighted by molar-refractivity contribution is 6.06. The van der Waals surface area contributed by atoms with E-state index in [1.165, 1.54) is 7.11 Å². The van der Waals surface area contributed by atoms with Crippen LogP contribution >= 0.6 is 0 Å². The van der Waals surface area contributed by atoms with Gasteiger partial charge >= 0.3 is 5.97 Å². The van der Waals surface area contributed by atoms with Crippen molar-refractivity contribution in [3.05, 3.63) is 33.9 Å². The summed E-state index contributed by atoms with van der Waals surface area (Å²) in [5.74, 6) is -0.342. The van der Waals surface area contributed by atoms with Crippen molar-refractivity contribution in [1.29, 1.82) is 0 Å². The number of carbonyl (C=O) groups is 2. The number of ketones is 1. The van der Waals surface area contributed by atoms with Gasteiger partial charge < -0.3 is 9.84 Å². The molecular weight excluding hydrogens is 256 g/mol. The lowest BCUT2D eigenvalue weighted by molar-refractivity contribution is -0.139. The number of hydrogen-bond donors (Lipinski definition) is 1. The molecule has 0 spiro atoms. The Morgan fingerprint density at radius 3 is 2.65 bits per heavy atom. The van der Waals surface area contributed by atoms with Gasteiger partial charge in [0.15, 0.2) is 5.78 Å². The molecular formula is C16H20O4. The molecule has 0 saturated heterocycles. The lowest BCUT2D eigenvalue weighted by Gasteiger charge is -2.17. The maximum absolute atomic E-state index is 12.5. The standard InChI is InChI=1S/C16H20O4/c1-9-5-11-7-16(3,8-17)15(19)14(11)10(2)12(9)6-13(18)20-4/h5,17H,6-8H2,1-4H3/t16-/m0/s1. The Kier molecular flexibility index (Phi) is 3.69. The van der Waals surface area contributed by atoms with E-state index in [-0.39, 0.29) is 24.8 Å². The maximum Gasteiger partial charge on any atom is 0.309 e. The fourth-order valence-electron chi connectivity index (χ4n) is 2.98. The number of rotatable bonds is 3. The second kappa shape index (κ2) is 5.02. The third-order valence-corrected chi connectivity index (χ3v) is 4.27. The maximum atomic E-state index is 12.5. The summed E-state index contributed by atoms with van der Waals surface area (Å²) in [4.78, 5) is 24.0. The molecule has 0 fully saturated rings. The monoisotopic (exact) mass is 276 g/mol. The smallest absolute Gasteiger partial charge is 0.309 e. The van der Waals surface area contributed by atoms with Crippen molar-refractivity contribution in [2.75, 3.05) is 13.7 Å². The van der Waals surface area contributed by atoms with Gasteiger partial charge in [0.25, 0.3) is 0 Å². The van der Waals surface area contributed by atoms with E-state index in [0.717, 1.165) is 22.3 Å². The quantitative estimate of drug-likeness (QED) is 0.854. The second-order valence-corrected chi connectivity index (χ2v) is 5.81. The van der Waals surface area contributed by atoms with Crippen molar-refractivity contribution >= 4 is 11.8 Å². The van der Waals surface area contributed by atoms with E-state index < -0.39 is 5.41 Å². The summed E-state index contributed by atoms with van der Waals surface area (Å²) in [6.45, 7) is 5.42. The molecule has 2 rings (SSSR count). The number of aliphatic hydroxyl groups is 1. The minimum atomic E-state index is -0.733. The van der Waals surface area contributed by atoms with Crippen molar-refractivity contribution < 1.29 is 19.4 Å². The van der Waals surface area contributed by atoms with Crippen LogP contribution in [0.4, 0.5) is 0 Å². The van der Waals surface area contributed by atoms with E-state index in [2.05, 4.69) is 0 Å². The van der Waals surface area contributed by atoms with Gasteiger partial charge in [-0.3, -0.25) is 9.59 Å². The molecule has 0 unspecified atom stereocenters. The molecule has 1 aromatic carbocycles. The van der Waals surface area contributed by atoms with Crippen LogP contribution in [-0.4, -0.2) is 30.6 Å². The van der Waals surface area contributed by atoms with Crippen LogP contribution in [0, 0.1) is 19.3 Å². The Hall–Kier alpha value is -1.68. The molecule has 0 radical (unpaired) electrons. The fraction of sp³-hybridized carbons (Fsp3) is 0.500. The largest absolute Gasteiger partial charge is 0.469 e. The summed E-state index contributed by atoms with van der Waals surface area (Å²) in [7, 11) is 1.36. The van der Waals surface area contributed by atoms with Crippen LogP contribution in [0.5, 0.6) is 0 Å². The predicted molar refractivity (Wildman–Crippen MR) is 74.9 cm³/mol. The Balaban J connectivity index is 2.54. The van der Waals surface area contributed by atoms with Gasteiger partial charge in [0.2, 0.25) is 0 Å². The average Bonchev–Trinajstić information content (AvgIpc) is 2.66. The molecule has 4 nitrogen and oxygen atoms in total. The molecule has 108 valence electrons. The number of hydrogen-bond acceptors (Lipinski definition) is 4. The van der Waals surface area contributed by atoms with Crippen molar-refractivity contribution in [2.45, 2.75) is 33.6 Å². The molecule has 0 amide bonds. The Morgan fingerprint density at radius 2 is 2.10 bits per heavy atom. The van der Waals surface area contributed by atoms with Crippen molar-refractivity contribution in [1.82, 2.24) is 0 Å². The Labute approximate surface area is 118 Å². The number of aryl methyl sites for hydroxylation is 1. The number of carbonyl (C=O) groups excluding carboxylic acids is 2. The molecule has 0 aromatic heterocycles.